The summed E-state index contributed by atoms with van der Waals surface area (Å²) in [6.45, 7) is 4.94. The third-order valence-corrected chi connectivity index (χ3v) is 6.52. The van der Waals surface area contributed by atoms with Crippen molar-refractivity contribution in [3.05, 3.63) is 40.4 Å². The van der Waals surface area contributed by atoms with Crippen molar-refractivity contribution in [2.45, 2.75) is 90.1 Å². The third-order valence-electron chi connectivity index (χ3n) is 6.52. The van der Waals surface area contributed by atoms with Crippen molar-refractivity contribution in [2.24, 2.45) is 7.05 Å². The van der Waals surface area contributed by atoms with Crippen LogP contribution in [-0.4, -0.2) is 33.1 Å². The van der Waals surface area contributed by atoms with Crippen LogP contribution in [0.1, 0.15) is 89.9 Å². The molecule has 0 bridgehead atoms. The van der Waals surface area contributed by atoms with Gasteiger partial charge in [0.05, 0.1) is 16.9 Å². The highest BCUT2D eigenvalue weighted by Crippen LogP contribution is 2.25. The number of aromatic nitrogens is 2. The lowest BCUT2D eigenvalue weighted by Crippen LogP contribution is -2.48. The molecular formula is C25H38N4O2. The van der Waals surface area contributed by atoms with Crippen LogP contribution in [-0.2, 0) is 7.05 Å². The summed E-state index contributed by atoms with van der Waals surface area (Å²) in [6, 6.07) is 7.46. The molecule has 1 aliphatic rings. The van der Waals surface area contributed by atoms with E-state index < -0.39 is 0 Å². The van der Waals surface area contributed by atoms with Crippen molar-refractivity contribution < 1.29 is 4.79 Å². The summed E-state index contributed by atoms with van der Waals surface area (Å²) in [5.41, 5.74) is 0.635. The molecule has 1 saturated carbocycles. The van der Waals surface area contributed by atoms with E-state index >= 15 is 0 Å². The second-order valence-electron chi connectivity index (χ2n) is 8.81. The molecule has 0 saturated heterocycles. The molecule has 1 fully saturated rings. The zero-order valence-corrected chi connectivity index (χ0v) is 19.4. The number of hydrogen-bond donors (Lipinski definition) is 1. The van der Waals surface area contributed by atoms with Crippen molar-refractivity contribution in [2.75, 3.05) is 6.54 Å². The van der Waals surface area contributed by atoms with Crippen LogP contribution in [0.5, 0.6) is 0 Å². The van der Waals surface area contributed by atoms with Gasteiger partial charge in [-0.05, 0) is 37.8 Å². The highest BCUT2D eigenvalue weighted by molar-refractivity contribution is 5.78. The zero-order chi connectivity index (χ0) is 22.2. The molecular weight excluding hydrogens is 388 g/mol. The molecule has 1 aromatic carbocycles. The predicted molar refractivity (Wildman–Crippen MR) is 126 cm³/mol. The molecule has 6 heteroatoms. The van der Waals surface area contributed by atoms with E-state index in [0.717, 1.165) is 32.1 Å². The Hall–Kier alpha value is -2.37. The standard InChI is InChI=1S/C25H38N4O2/c1-4-6-7-13-18-29(25(31)26-19-14-9-8-10-15-19)22(5-2)23-27-21-17-12-11-16-20(21)24(30)28(23)3/h11-12,16-17,19,22H,4-10,13-15,18H2,1-3H3,(H,26,31). The molecule has 6 nitrogen and oxygen atoms in total. The van der Waals surface area contributed by atoms with Crippen molar-refractivity contribution in [1.82, 2.24) is 19.8 Å². The van der Waals surface area contributed by atoms with E-state index in [-0.39, 0.29) is 23.7 Å². The maximum atomic E-state index is 13.4. The van der Waals surface area contributed by atoms with Crippen molar-refractivity contribution in [3.8, 4) is 0 Å². The Balaban J connectivity index is 1.91. The minimum absolute atomic E-state index is 0.0161. The molecule has 3 rings (SSSR count). The number of nitrogens with one attached hydrogen (secondary N) is 1. The van der Waals surface area contributed by atoms with Crippen LogP contribution < -0.4 is 10.9 Å². The summed E-state index contributed by atoms with van der Waals surface area (Å²) in [6.07, 6.45) is 10.8. The van der Waals surface area contributed by atoms with E-state index in [1.54, 1.807) is 11.6 Å². The van der Waals surface area contributed by atoms with Gasteiger partial charge in [-0.2, -0.15) is 0 Å². The van der Waals surface area contributed by atoms with E-state index in [2.05, 4.69) is 19.2 Å². The Labute approximate surface area is 186 Å². The van der Waals surface area contributed by atoms with Gasteiger partial charge in [0, 0.05) is 19.6 Å². The third kappa shape index (κ3) is 5.66. The largest absolute Gasteiger partial charge is 0.335 e. The van der Waals surface area contributed by atoms with Crippen LogP contribution in [0.3, 0.4) is 0 Å². The van der Waals surface area contributed by atoms with E-state index in [0.29, 0.717) is 29.7 Å². The SMILES string of the molecule is CCCCCCN(C(=O)NC1CCCCC1)C(CC)c1nc2ccccc2c(=O)n1C. The first-order valence-corrected chi connectivity index (χ1v) is 12.1. The highest BCUT2D eigenvalue weighted by Gasteiger charge is 2.29. The fraction of sp³-hybridized carbons (Fsp3) is 0.640. The number of fused-ring (bicyclic) bond motifs is 1. The Bertz CT molecular complexity index is 917. The number of benzene rings is 1. The molecule has 2 amide bonds. The normalized spacial score (nSPS) is 15.7. The van der Waals surface area contributed by atoms with Crippen LogP contribution in [0, 0.1) is 0 Å². The maximum Gasteiger partial charge on any atom is 0.318 e. The average molecular weight is 427 g/mol. The minimum atomic E-state index is -0.229. The van der Waals surface area contributed by atoms with Crippen LogP contribution in [0.4, 0.5) is 4.79 Å². The number of nitrogens with zero attached hydrogens (tertiary/aromatic N) is 3. The average Bonchev–Trinajstić information content (AvgIpc) is 2.79. The first kappa shape index (κ1) is 23.3. The number of rotatable bonds is 9. The predicted octanol–water partition coefficient (Wildman–Crippen LogP) is 5.31. The second-order valence-corrected chi connectivity index (χ2v) is 8.81. The summed E-state index contributed by atoms with van der Waals surface area (Å²) in [5.74, 6) is 0.667. The monoisotopic (exact) mass is 426 g/mol. The lowest BCUT2D eigenvalue weighted by Gasteiger charge is -2.34. The van der Waals surface area contributed by atoms with E-state index in [9.17, 15) is 9.59 Å². The molecule has 170 valence electrons. The topological polar surface area (TPSA) is 67.2 Å². The van der Waals surface area contributed by atoms with E-state index in [1.807, 2.05) is 29.2 Å². The number of urea groups is 1. The fourth-order valence-electron chi connectivity index (χ4n) is 4.69. The van der Waals surface area contributed by atoms with Gasteiger partial charge in [0.1, 0.15) is 5.82 Å². The summed E-state index contributed by atoms with van der Waals surface area (Å²) < 4.78 is 1.63. The first-order valence-electron chi connectivity index (χ1n) is 12.1. The van der Waals surface area contributed by atoms with Crippen LogP contribution >= 0.6 is 0 Å². The molecule has 0 spiro atoms. The number of hydrogen-bond acceptors (Lipinski definition) is 3. The molecule has 1 heterocycles. The molecule has 1 unspecified atom stereocenters. The van der Waals surface area contributed by atoms with Gasteiger partial charge in [-0.3, -0.25) is 9.36 Å². The number of unbranched alkanes of at least 4 members (excludes halogenated alkanes) is 3. The van der Waals surface area contributed by atoms with Crippen LogP contribution in [0.25, 0.3) is 10.9 Å². The molecule has 1 aromatic heterocycles. The van der Waals surface area contributed by atoms with Crippen molar-refractivity contribution >= 4 is 16.9 Å². The molecule has 1 aliphatic carbocycles. The lowest BCUT2D eigenvalue weighted by molar-refractivity contribution is 0.159. The van der Waals surface area contributed by atoms with E-state index in [4.69, 9.17) is 4.98 Å². The summed E-state index contributed by atoms with van der Waals surface area (Å²) in [4.78, 5) is 33.2. The molecule has 1 N–H and O–H groups in total. The van der Waals surface area contributed by atoms with Gasteiger partial charge in [-0.1, -0.05) is 64.5 Å². The number of para-hydroxylation sites is 1. The second kappa shape index (κ2) is 11.3. The van der Waals surface area contributed by atoms with Gasteiger partial charge in [0.15, 0.2) is 0 Å². The quantitative estimate of drug-likeness (QED) is 0.553. The number of carbonyl (C=O) groups excluding carboxylic acids is 1. The zero-order valence-electron chi connectivity index (χ0n) is 19.4. The van der Waals surface area contributed by atoms with Gasteiger partial charge < -0.3 is 10.2 Å². The summed E-state index contributed by atoms with van der Waals surface area (Å²) in [7, 11) is 1.77. The molecule has 31 heavy (non-hydrogen) atoms. The highest BCUT2D eigenvalue weighted by atomic mass is 16.2. The molecule has 2 aromatic rings. The van der Waals surface area contributed by atoms with Gasteiger partial charge in [-0.25, -0.2) is 9.78 Å². The Kier molecular flexibility index (Phi) is 8.50. The molecule has 1 atom stereocenters. The summed E-state index contributed by atoms with van der Waals surface area (Å²) in [5, 5.41) is 3.90. The van der Waals surface area contributed by atoms with Crippen LogP contribution in [0.2, 0.25) is 0 Å². The van der Waals surface area contributed by atoms with Crippen molar-refractivity contribution in [1.29, 1.82) is 0 Å². The number of amides is 2. The smallest absolute Gasteiger partial charge is 0.318 e. The van der Waals surface area contributed by atoms with Gasteiger partial charge >= 0.3 is 6.03 Å². The van der Waals surface area contributed by atoms with Gasteiger partial charge in [0.2, 0.25) is 0 Å². The fourth-order valence-corrected chi connectivity index (χ4v) is 4.69. The Morgan fingerprint density at radius 3 is 2.61 bits per heavy atom. The van der Waals surface area contributed by atoms with E-state index in [1.165, 1.54) is 25.7 Å². The van der Waals surface area contributed by atoms with Crippen molar-refractivity contribution in [3.63, 3.8) is 0 Å². The van der Waals surface area contributed by atoms with Gasteiger partial charge in [0.25, 0.3) is 5.56 Å². The number of carbonyl (C=O) groups is 1. The maximum absolute atomic E-state index is 13.4. The Morgan fingerprint density at radius 2 is 1.90 bits per heavy atom. The van der Waals surface area contributed by atoms with Crippen LogP contribution in [0.15, 0.2) is 29.1 Å². The Morgan fingerprint density at radius 1 is 1.16 bits per heavy atom. The first-order chi connectivity index (χ1) is 15.1. The summed E-state index contributed by atoms with van der Waals surface area (Å²) >= 11 is 0. The minimum Gasteiger partial charge on any atom is -0.335 e. The van der Waals surface area contributed by atoms with Gasteiger partial charge in [-0.15, -0.1) is 0 Å². The molecule has 0 aliphatic heterocycles. The molecule has 0 radical (unpaired) electrons. The lowest BCUT2D eigenvalue weighted by atomic mass is 9.95.